The maximum Gasteiger partial charge on any atom is 0.337 e. The van der Waals surface area contributed by atoms with E-state index in [0.29, 0.717) is 39.9 Å². The number of nitrogens with one attached hydrogen (secondary N) is 1. The molecule has 7 heteroatoms. The van der Waals surface area contributed by atoms with E-state index in [0.717, 1.165) is 5.56 Å². The number of benzene rings is 2. The molecule has 2 aromatic carbocycles. The van der Waals surface area contributed by atoms with Crippen LogP contribution in [0.4, 0.5) is 5.69 Å². The number of methoxy groups -OCH3 is 2. The summed E-state index contributed by atoms with van der Waals surface area (Å²) >= 11 is 6.21. The Bertz CT molecular complexity index is 908. The summed E-state index contributed by atoms with van der Waals surface area (Å²) in [7, 11) is 2.82. The molecule has 0 aromatic heterocycles. The van der Waals surface area contributed by atoms with Crippen molar-refractivity contribution in [3.63, 3.8) is 0 Å². The van der Waals surface area contributed by atoms with E-state index < -0.39 is 5.97 Å². The molecule has 0 unspecified atom stereocenters. The number of aryl methyl sites for hydroxylation is 1. The van der Waals surface area contributed by atoms with Crippen LogP contribution in [0.5, 0.6) is 11.5 Å². The van der Waals surface area contributed by atoms with Gasteiger partial charge in [0.15, 0.2) is 11.5 Å². The molecule has 0 atom stereocenters. The van der Waals surface area contributed by atoms with Crippen LogP contribution in [-0.4, -0.2) is 32.7 Å². The van der Waals surface area contributed by atoms with Gasteiger partial charge in [-0.2, -0.15) is 0 Å². The summed E-state index contributed by atoms with van der Waals surface area (Å²) in [4.78, 5) is 24.0. The van der Waals surface area contributed by atoms with Crippen molar-refractivity contribution in [2.75, 3.05) is 26.1 Å². The van der Waals surface area contributed by atoms with Crippen molar-refractivity contribution in [1.82, 2.24) is 0 Å². The molecule has 6 nitrogen and oxygen atoms in total. The predicted molar refractivity (Wildman–Crippen MR) is 109 cm³/mol. The fourth-order valence-corrected chi connectivity index (χ4v) is 2.79. The number of esters is 1. The first-order chi connectivity index (χ1) is 13.4. The van der Waals surface area contributed by atoms with Gasteiger partial charge in [0.25, 0.3) is 0 Å². The van der Waals surface area contributed by atoms with Gasteiger partial charge in [-0.05, 0) is 55.3 Å². The lowest BCUT2D eigenvalue weighted by molar-refractivity contribution is -0.111. The number of hydrogen-bond acceptors (Lipinski definition) is 5. The minimum atomic E-state index is -0.470. The maximum absolute atomic E-state index is 12.3. The molecule has 28 heavy (non-hydrogen) atoms. The molecule has 2 aromatic rings. The molecule has 148 valence electrons. The van der Waals surface area contributed by atoms with Crippen molar-refractivity contribution in [2.45, 2.75) is 13.8 Å². The van der Waals surface area contributed by atoms with E-state index in [-0.39, 0.29) is 5.91 Å². The van der Waals surface area contributed by atoms with E-state index in [4.69, 9.17) is 25.8 Å². The first-order valence-electron chi connectivity index (χ1n) is 8.58. The minimum absolute atomic E-state index is 0.352. The Morgan fingerprint density at radius 3 is 2.57 bits per heavy atom. The molecular formula is C21H22ClNO5. The normalized spacial score (nSPS) is 10.6. The van der Waals surface area contributed by atoms with E-state index >= 15 is 0 Å². The van der Waals surface area contributed by atoms with Gasteiger partial charge in [0, 0.05) is 11.8 Å². The van der Waals surface area contributed by atoms with Gasteiger partial charge < -0.3 is 19.5 Å². The van der Waals surface area contributed by atoms with Crippen LogP contribution in [0.1, 0.15) is 28.4 Å². The van der Waals surface area contributed by atoms with Crippen molar-refractivity contribution in [3.8, 4) is 11.5 Å². The van der Waals surface area contributed by atoms with Crippen molar-refractivity contribution >= 4 is 35.2 Å². The molecule has 0 aliphatic carbocycles. The summed E-state index contributed by atoms with van der Waals surface area (Å²) in [5.41, 5.74) is 2.39. The lowest BCUT2D eigenvalue weighted by atomic mass is 10.1. The van der Waals surface area contributed by atoms with E-state index in [1.165, 1.54) is 20.3 Å². The highest BCUT2D eigenvalue weighted by Gasteiger charge is 2.11. The molecule has 0 heterocycles. The Morgan fingerprint density at radius 1 is 1.18 bits per heavy atom. The zero-order valence-corrected chi connectivity index (χ0v) is 16.9. The SMILES string of the molecule is CCOc1cc(/C=C/C(=O)Nc2cc(C(=O)OC)ccc2C)cc(Cl)c1OC. The molecule has 0 aliphatic heterocycles. The highest BCUT2D eigenvalue weighted by molar-refractivity contribution is 6.32. The molecule has 0 fully saturated rings. The van der Waals surface area contributed by atoms with E-state index in [2.05, 4.69) is 5.32 Å². The average Bonchev–Trinajstić information content (AvgIpc) is 2.67. The highest BCUT2D eigenvalue weighted by Crippen LogP contribution is 2.36. The first-order valence-corrected chi connectivity index (χ1v) is 8.95. The highest BCUT2D eigenvalue weighted by atomic mass is 35.5. The second kappa shape index (κ2) is 9.80. The topological polar surface area (TPSA) is 73.9 Å². The van der Waals surface area contributed by atoms with Gasteiger partial charge in [-0.1, -0.05) is 17.7 Å². The van der Waals surface area contributed by atoms with Crippen LogP contribution >= 0.6 is 11.6 Å². The van der Waals surface area contributed by atoms with Gasteiger partial charge in [-0.3, -0.25) is 4.79 Å². The third-order valence-corrected chi connectivity index (χ3v) is 4.16. The Hall–Kier alpha value is -2.99. The van der Waals surface area contributed by atoms with Crippen molar-refractivity contribution in [1.29, 1.82) is 0 Å². The molecule has 1 amide bonds. The first kappa shape index (κ1) is 21.3. The van der Waals surface area contributed by atoms with Gasteiger partial charge in [-0.15, -0.1) is 0 Å². The molecule has 0 radical (unpaired) electrons. The number of anilines is 1. The number of carbonyl (C=O) groups is 2. The largest absolute Gasteiger partial charge is 0.491 e. The molecular weight excluding hydrogens is 382 g/mol. The number of halogens is 1. The lowest BCUT2D eigenvalue weighted by Gasteiger charge is -2.12. The smallest absolute Gasteiger partial charge is 0.337 e. The quantitative estimate of drug-likeness (QED) is 0.544. The van der Waals surface area contributed by atoms with Crippen LogP contribution in [0.2, 0.25) is 5.02 Å². The van der Waals surface area contributed by atoms with Crippen molar-refractivity contribution < 1.29 is 23.8 Å². The zero-order chi connectivity index (χ0) is 20.7. The van der Waals surface area contributed by atoms with Crippen LogP contribution in [0.15, 0.2) is 36.4 Å². The van der Waals surface area contributed by atoms with E-state index in [1.54, 1.807) is 36.4 Å². The number of rotatable bonds is 7. The van der Waals surface area contributed by atoms with Crippen LogP contribution in [0.25, 0.3) is 6.08 Å². The lowest BCUT2D eigenvalue weighted by Crippen LogP contribution is -2.10. The molecule has 2 rings (SSSR count). The van der Waals surface area contributed by atoms with Crippen LogP contribution in [-0.2, 0) is 9.53 Å². The summed E-state index contributed by atoms with van der Waals surface area (Å²) < 4.78 is 15.5. The third-order valence-electron chi connectivity index (χ3n) is 3.88. The summed E-state index contributed by atoms with van der Waals surface area (Å²) in [5, 5.41) is 3.14. The Labute approximate surface area is 169 Å². The van der Waals surface area contributed by atoms with Crippen molar-refractivity contribution in [2.24, 2.45) is 0 Å². The number of hydrogen-bond donors (Lipinski definition) is 1. The van der Waals surface area contributed by atoms with Gasteiger partial charge >= 0.3 is 5.97 Å². The van der Waals surface area contributed by atoms with E-state index in [9.17, 15) is 9.59 Å². The van der Waals surface area contributed by atoms with Gasteiger partial charge in [0.05, 0.1) is 31.4 Å². The predicted octanol–water partition coefficient (Wildman–Crippen LogP) is 4.49. The average molecular weight is 404 g/mol. The molecule has 0 saturated carbocycles. The molecule has 0 aliphatic rings. The molecule has 0 bridgehead atoms. The van der Waals surface area contributed by atoms with Gasteiger partial charge in [-0.25, -0.2) is 4.79 Å². The summed E-state index contributed by atoms with van der Waals surface area (Å²) in [6.45, 7) is 4.14. The molecule has 0 spiro atoms. The van der Waals surface area contributed by atoms with Crippen molar-refractivity contribution in [3.05, 3.63) is 58.1 Å². The van der Waals surface area contributed by atoms with Gasteiger partial charge in [0.2, 0.25) is 5.91 Å². The number of ether oxygens (including phenoxy) is 3. The number of carbonyl (C=O) groups excluding carboxylic acids is 2. The minimum Gasteiger partial charge on any atom is -0.491 e. The fourth-order valence-electron chi connectivity index (χ4n) is 2.49. The maximum atomic E-state index is 12.3. The second-order valence-corrected chi connectivity index (χ2v) is 6.22. The third kappa shape index (κ3) is 5.27. The zero-order valence-electron chi connectivity index (χ0n) is 16.2. The molecule has 1 N–H and O–H groups in total. The van der Waals surface area contributed by atoms with Crippen LogP contribution in [0.3, 0.4) is 0 Å². The van der Waals surface area contributed by atoms with E-state index in [1.807, 2.05) is 13.8 Å². The summed E-state index contributed by atoms with van der Waals surface area (Å²) in [5.74, 6) is 0.122. The number of amides is 1. The summed E-state index contributed by atoms with van der Waals surface area (Å²) in [6, 6.07) is 8.37. The standard InChI is InChI=1S/C21H22ClNO5/c1-5-28-18-11-14(10-16(22)20(18)26-3)7-9-19(24)23-17-12-15(21(25)27-4)8-6-13(17)2/h6-12H,5H2,1-4H3,(H,23,24)/b9-7+. The van der Waals surface area contributed by atoms with Crippen LogP contribution in [0, 0.1) is 6.92 Å². The Kier molecular flexibility index (Phi) is 7.46. The Balaban J connectivity index is 2.19. The Morgan fingerprint density at radius 2 is 1.93 bits per heavy atom. The fraction of sp³-hybridized carbons (Fsp3) is 0.238. The monoisotopic (exact) mass is 403 g/mol. The summed E-state index contributed by atoms with van der Waals surface area (Å²) in [6.07, 6.45) is 2.99. The second-order valence-electron chi connectivity index (χ2n) is 5.81. The van der Waals surface area contributed by atoms with Gasteiger partial charge in [0.1, 0.15) is 0 Å². The van der Waals surface area contributed by atoms with Crippen LogP contribution < -0.4 is 14.8 Å². The molecule has 0 saturated heterocycles.